The van der Waals surface area contributed by atoms with Gasteiger partial charge in [-0.25, -0.2) is 9.18 Å². The molecule has 0 bridgehead atoms. The lowest BCUT2D eigenvalue weighted by atomic mass is 10.2. The number of thioether (sulfide) groups is 1. The number of benzene rings is 3. The number of hydrogen-bond acceptors (Lipinski definition) is 4. The molecule has 1 fully saturated rings. The average Bonchev–Trinajstić information content (AvgIpc) is 3.18. The summed E-state index contributed by atoms with van der Waals surface area (Å²) < 4.78 is 18.4. The average molecular weight is 437 g/mol. The van der Waals surface area contributed by atoms with Gasteiger partial charge in [-0.15, -0.1) is 11.8 Å². The first kappa shape index (κ1) is 20.9. The maximum Gasteiger partial charge on any atom is 0.414 e. The molecule has 31 heavy (non-hydrogen) atoms. The second-order valence-electron chi connectivity index (χ2n) is 7.10. The molecule has 0 spiro atoms. The Morgan fingerprint density at radius 2 is 1.74 bits per heavy atom. The molecule has 0 saturated carbocycles. The summed E-state index contributed by atoms with van der Waals surface area (Å²) in [5, 5.41) is 2.73. The van der Waals surface area contributed by atoms with Gasteiger partial charge in [0.2, 0.25) is 0 Å². The summed E-state index contributed by atoms with van der Waals surface area (Å²) in [6.07, 6.45) is -0.894. The molecular formula is C24H21FN2O3S. The van der Waals surface area contributed by atoms with Gasteiger partial charge >= 0.3 is 6.09 Å². The largest absolute Gasteiger partial charge is 0.442 e. The van der Waals surface area contributed by atoms with Crippen LogP contribution in [0.3, 0.4) is 0 Å². The zero-order chi connectivity index (χ0) is 21.6. The minimum absolute atomic E-state index is 0.184. The van der Waals surface area contributed by atoms with Crippen molar-refractivity contribution >= 4 is 29.4 Å². The van der Waals surface area contributed by atoms with Gasteiger partial charge in [0, 0.05) is 21.9 Å². The highest BCUT2D eigenvalue weighted by Crippen LogP contribution is 2.27. The van der Waals surface area contributed by atoms with Crippen LogP contribution in [0.2, 0.25) is 0 Å². The second kappa shape index (κ2) is 9.66. The first-order valence-corrected chi connectivity index (χ1v) is 10.9. The number of hydrogen-bond donors (Lipinski definition) is 1. The summed E-state index contributed by atoms with van der Waals surface area (Å²) in [6, 6.07) is 23.3. The summed E-state index contributed by atoms with van der Waals surface area (Å²) in [5.41, 5.74) is 2.36. The van der Waals surface area contributed by atoms with Gasteiger partial charge in [-0.05, 0) is 54.1 Å². The minimum Gasteiger partial charge on any atom is -0.442 e. The molecule has 0 aliphatic carbocycles. The van der Waals surface area contributed by atoms with Crippen LogP contribution in [0, 0.1) is 5.82 Å². The lowest BCUT2D eigenvalue weighted by molar-refractivity contribution is 0.0916. The van der Waals surface area contributed by atoms with Crippen LogP contribution in [0.25, 0.3) is 0 Å². The van der Waals surface area contributed by atoms with Crippen LogP contribution >= 0.6 is 11.8 Å². The molecule has 1 N–H and O–H groups in total. The van der Waals surface area contributed by atoms with E-state index in [4.69, 9.17) is 4.74 Å². The van der Waals surface area contributed by atoms with Crippen molar-refractivity contribution in [3.63, 3.8) is 0 Å². The fourth-order valence-electron chi connectivity index (χ4n) is 3.21. The van der Waals surface area contributed by atoms with E-state index in [2.05, 4.69) is 17.4 Å². The number of nitrogens with zero attached hydrogens (tertiary/aromatic N) is 1. The lowest BCUT2D eigenvalue weighted by Crippen LogP contribution is -2.34. The smallest absolute Gasteiger partial charge is 0.414 e. The van der Waals surface area contributed by atoms with Crippen molar-refractivity contribution in [2.24, 2.45) is 0 Å². The van der Waals surface area contributed by atoms with Crippen molar-refractivity contribution < 1.29 is 18.7 Å². The highest BCUT2D eigenvalue weighted by molar-refractivity contribution is 7.98. The highest BCUT2D eigenvalue weighted by Gasteiger charge is 2.32. The molecule has 5 nitrogen and oxygen atoms in total. The Morgan fingerprint density at radius 3 is 2.45 bits per heavy atom. The predicted octanol–water partition coefficient (Wildman–Crippen LogP) is 4.87. The minimum atomic E-state index is -0.455. The molecule has 1 atom stereocenters. The molecule has 3 aromatic rings. The Morgan fingerprint density at radius 1 is 1.03 bits per heavy atom. The van der Waals surface area contributed by atoms with Gasteiger partial charge in [0.15, 0.2) is 0 Å². The summed E-state index contributed by atoms with van der Waals surface area (Å²) in [7, 11) is 0. The van der Waals surface area contributed by atoms with E-state index >= 15 is 0 Å². The normalized spacial score (nSPS) is 15.6. The van der Waals surface area contributed by atoms with E-state index in [-0.39, 0.29) is 12.5 Å². The maximum absolute atomic E-state index is 13.0. The highest BCUT2D eigenvalue weighted by atomic mass is 32.2. The van der Waals surface area contributed by atoms with E-state index in [9.17, 15) is 14.0 Å². The summed E-state index contributed by atoms with van der Waals surface area (Å²) >= 11 is 1.73. The predicted molar refractivity (Wildman–Crippen MR) is 119 cm³/mol. The topological polar surface area (TPSA) is 58.6 Å². The van der Waals surface area contributed by atoms with Gasteiger partial charge in [-0.1, -0.05) is 30.3 Å². The molecule has 1 heterocycles. The number of halogens is 1. The summed E-state index contributed by atoms with van der Waals surface area (Å²) in [6.45, 7) is 0.530. The molecule has 0 radical (unpaired) electrons. The second-order valence-corrected chi connectivity index (χ2v) is 8.15. The van der Waals surface area contributed by atoms with Gasteiger partial charge in [-0.3, -0.25) is 9.69 Å². The molecule has 2 amide bonds. The molecule has 1 aliphatic rings. The summed E-state index contributed by atoms with van der Waals surface area (Å²) in [4.78, 5) is 27.1. The van der Waals surface area contributed by atoms with Crippen molar-refractivity contribution in [2.45, 2.75) is 16.8 Å². The van der Waals surface area contributed by atoms with Crippen LogP contribution in [-0.2, 0) is 10.5 Å². The fraction of sp³-hybridized carbons (Fsp3) is 0.167. The van der Waals surface area contributed by atoms with Gasteiger partial charge in [-0.2, -0.15) is 0 Å². The number of anilines is 1. The van der Waals surface area contributed by atoms with Gasteiger partial charge in [0.05, 0.1) is 13.1 Å². The molecule has 3 aromatic carbocycles. The third-order valence-electron chi connectivity index (χ3n) is 4.87. The molecule has 158 valence electrons. The molecule has 4 rings (SSSR count). The number of carbonyl (C=O) groups is 2. The van der Waals surface area contributed by atoms with Crippen LogP contribution in [0.1, 0.15) is 15.9 Å². The van der Waals surface area contributed by atoms with E-state index in [1.807, 2.05) is 42.5 Å². The number of carbonyl (C=O) groups excluding carboxylic acids is 2. The monoisotopic (exact) mass is 436 g/mol. The number of amides is 2. The van der Waals surface area contributed by atoms with Crippen molar-refractivity contribution in [1.82, 2.24) is 5.32 Å². The Balaban J connectivity index is 1.29. The number of cyclic esters (lactones) is 1. The Bertz CT molecular complexity index is 1040. The van der Waals surface area contributed by atoms with Crippen molar-refractivity contribution in [3.8, 4) is 0 Å². The van der Waals surface area contributed by atoms with Crippen molar-refractivity contribution in [2.75, 3.05) is 18.0 Å². The van der Waals surface area contributed by atoms with Crippen LogP contribution in [0.15, 0.2) is 83.8 Å². The number of nitrogens with one attached hydrogen (secondary N) is 1. The zero-order valence-electron chi connectivity index (χ0n) is 16.7. The standard InChI is InChI=1S/C24H21FN2O3S/c25-19-8-6-18(7-9-19)23(28)26-14-21-15-27(24(29)30-21)20-10-12-22(13-11-20)31-16-17-4-2-1-3-5-17/h1-13,21H,14-16H2,(H,26,28). The maximum atomic E-state index is 13.0. The SMILES string of the molecule is O=C(NCC1CN(c2ccc(SCc3ccccc3)cc2)C(=O)O1)c1ccc(F)cc1. The van der Waals surface area contributed by atoms with Gasteiger partial charge < -0.3 is 10.1 Å². The molecule has 1 saturated heterocycles. The Kier molecular flexibility index (Phi) is 6.52. The van der Waals surface area contributed by atoms with Crippen LogP contribution in [0.5, 0.6) is 0 Å². The number of ether oxygens (including phenoxy) is 1. The molecule has 1 unspecified atom stereocenters. The van der Waals surface area contributed by atoms with E-state index in [1.165, 1.54) is 29.8 Å². The van der Waals surface area contributed by atoms with Crippen molar-refractivity contribution in [3.05, 3.63) is 95.8 Å². The molecular weight excluding hydrogens is 415 g/mol. The third-order valence-corrected chi connectivity index (χ3v) is 5.95. The van der Waals surface area contributed by atoms with Crippen molar-refractivity contribution in [1.29, 1.82) is 0 Å². The van der Waals surface area contributed by atoms with E-state index in [0.29, 0.717) is 12.1 Å². The van der Waals surface area contributed by atoms with Gasteiger partial charge in [0.1, 0.15) is 11.9 Å². The first-order valence-electron chi connectivity index (χ1n) is 9.87. The molecule has 7 heteroatoms. The van der Waals surface area contributed by atoms with Crippen LogP contribution < -0.4 is 10.2 Å². The quantitative estimate of drug-likeness (QED) is 0.537. The molecule has 1 aliphatic heterocycles. The van der Waals surface area contributed by atoms with E-state index in [1.54, 1.807) is 16.7 Å². The Labute approximate surface area is 184 Å². The van der Waals surface area contributed by atoms with E-state index < -0.39 is 18.0 Å². The first-order chi connectivity index (χ1) is 15.1. The van der Waals surface area contributed by atoms with Crippen LogP contribution in [0.4, 0.5) is 14.9 Å². The third kappa shape index (κ3) is 5.44. The van der Waals surface area contributed by atoms with Gasteiger partial charge in [0.25, 0.3) is 5.91 Å². The van der Waals surface area contributed by atoms with E-state index in [0.717, 1.165) is 16.3 Å². The molecule has 0 aromatic heterocycles. The van der Waals surface area contributed by atoms with Crippen LogP contribution in [-0.4, -0.2) is 31.2 Å². The zero-order valence-corrected chi connectivity index (χ0v) is 17.5. The summed E-state index contributed by atoms with van der Waals surface area (Å²) in [5.74, 6) is 0.137. The fourth-order valence-corrected chi connectivity index (χ4v) is 4.07. The Hall–Kier alpha value is -3.32. The number of rotatable bonds is 7. The lowest BCUT2D eigenvalue weighted by Gasteiger charge is -2.14.